The van der Waals surface area contributed by atoms with E-state index in [4.69, 9.17) is 44.6 Å². The number of nitrogens with one attached hydrogen (secondary N) is 6. The van der Waals surface area contributed by atoms with Crippen LogP contribution in [0.2, 0.25) is 0 Å². The van der Waals surface area contributed by atoms with Gasteiger partial charge in [0.2, 0.25) is 0 Å². The van der Waals surface area contributed by atoms with Crippen LogP contribution < -0.4 is 66.3 Å². The van der Waals surface area contributed by atoms with Gasteiger partial charge in [0.05, 0.1) is 37.6 Å². The molecule has 2 aromatic heterocycles. The Morgan fingerprint density at radius 1 is 0.485 bits per heavy atom. The fourth-order valence-electron chi connectivity index (χ4n) is 7.87. The molecule has 0 radical (unpaired) electrons. The van der Waals surface area contributed by atoms with E-state index in [0.29, 0.717) is 84.8 Å². The molecule has 2 saturated heterocycles. The Labute approximate surface area is 375 Å². The molecule has 4 aromatic carbocycles. The number of imide groups is 2. The minimum Gasteiger partial charge on any atom is -0.398 e. The van der Waals surface area contributed by atoms with E-state index in [1.807, 2.05) is 48.5 Å². The average Bonchev–Trinajstić information content (AvgIpc) is 3.29. The van der Waals surface area contributed by atoms with Gasteiger partial charge in [-0.15, -0.1) is 10.2 Å². The number of nitrogen functional groups attached to an aromatic ring is 2. The molecule has 8 rings (SSSR count). The number of hydrogen-bond donors (Lipinski definition) is 12. The van der Waals surface area contributed by atoms with Crippen LogP contribution >= 0.6 is 0 Å². The van der Waals surface area contributed by atoms with Gasteiger partial charge in [0.15, 0.2) is 0 Å². The van der Waals surface area contributed by atoms with Gasteiger partial charge in [-0.25, -0.2) is 49.1 Å². The Balaban J connectivity index is 1.27. The number of anilines is 2. The van der Waals surface area contributed by atoms with Gasteiger partial charge in [-0.1, -0.05) is 54.6 Å². The van der Waals surface area contributed by atoms with Crippen LogP contribution in [-0.2, 0) is 51.9 Å². The highest BCUT2D eigenvalue weighted by Gasteiger charge is 2.28. The lowest BCUT2D eigenvalue weighted by Crippen LogP contribution is -2.62. The molecule has 18 N–H and O–H groups in total. The minimum atomic E-state index is -0.794. The number of amides is 8. The summed E-state index contributed by atoms with van der Waals surface area (Å²) in [5.74, 6) is 2.34. The summed E-state index contributed by atoms with van der Waals surface area (Å²) in [6, 6.07) is 15.6. The van der Waals surface area contributed by atoms with Crippen LogP contribution in [0, 0.1) is 0 Å². The van der Waals surface area contributed by atoms with Crippen molar-refractivity contribution < 1.29 is 19.2 Å². The number of nitrogens with zero attached hydrogens (tertiary/aromatic N) is 8. The molecular formula is C42H46N20O4. The average molecular weight is 895 g/mol. The van der Waals surface area contributed by atoms with Crippen molar-refractivity contribution in [2.75, 3.05) is 11.5 Å². The van der Waals surface area contributed by atoms with Crippen molar-refractivity contribution in [1.82, 2.24) is 61.8 Å². The summed E-state index contributed by atoms with van der Waals surface area (Å²) in [4.78, 5) is 76.2. The second-order valence-electron chi connectivity index (χ2n) is 15.2. The third kappa shape index (κ3) is 9.75. The van der Waals surface area contributed by atoms with Gasteiger partial charge in [-0.3, -0.25) is 10.6 Å². The largest absolute Gasteiger partial charge is 0.398 e. The van der Waals surface area contributed by atoms with Crippen LogP contribution in [0.4, 0.5) is 41.9 Å². The molecule has 0 aliphatic carbocycles. The Bertz CT molecular complexity index is 2720. The number of carbonyl (C=O) groups is 4. The molecule has 338 valence electrons. The van der Waals surface area contributed by atoms with Crippen LogP contribution in [0.15, 0.2) is 70.9 Å². The van der Waals surface area contributed by atoms with Gasteiger partial charge in [0.1, 0.15) is 53.0 Å². The molecule has 0 bridgehead atoms. The lowest BCUT2D eigenvalue weighted by molar-refractivity contribution is 0.207. The molecular weight excluding hydrogens is 849 g/mol. The van der Waals surface area contributed by atoms with Crippen LogP contribution in [0.5, 0.6) is 0 Å². The highest BCUT2D eigenvalue weighted by molar-refractivity contribution is 6.10. The van der Waals surface area contributed by atoms with Crippen molar-refractivity contribution in [3.63, 3.8) is 0 Å². The van der Waals surface area contributed by atoms with E-state index in [1.165, 1.54) is 0 Å². The van der Waals surface area contributed by atoms with Gasteiger partial charge >= 0.3 is 24.1 Å². The van der Waals surface area contributed by atoms with Gasteiger partial charge in [0.25, 0.3) is 0 Å². The van der Waals surface area contributed by atoms with E-state index in [1.54, 1.807) is 12.1 Å². The highest BCUT2D eigenvalue weighted by Crippen LogP contribution is 2.44. The van der Waals surface area contributed by atoms with Crippen molar-refractivity contribution in [3.8, 4) is 11.1 Å². The molecule has 0 saturated carbocycles. The Hall–Kier alpha value is -8.32. The number of carbonyl (C=O) groups excluding carboxylic acids is 4. The number of nitrogens with two attached hydrogens (primary N) is 6. The molecule has 24 nitrogen and oxygen atoms in total. The lowest BCUT2D eigenvalue weighted by Gasteiger charge is -2.28. The van der Waals surface area contributed by atoms with E-state index < -0.39 is 36.5 Å². The smallest absolute Gasteiger partial charge is 0.324 e. The molecule has 4 heterocycles. The first-order valence-electron chi connectivity index (χ1n) is 20.7. The van der Waals surface area contributed by atoms with Crippen LogP contribution in [0.3, 0.4) is 0 Å². The van der Waals surface area contributed by atoms with Crippen molar-refractivity contribution >= 4 is 57.6 Å². The van der Waals surface area contributed by atoms with Crippen LogP contribution in [0.1, 0.15) is 57.2 Å². The summed E-state index contributed by atoms with van der Waals surface area (Å²) in [6.45, 7) is 0.308. The zero-order valence-corrected chi connectivity index (χ0v) is 35.3. The molecule has 2 fully saturated rings. The number of hydrogen-bond acceptors (Lipinski definition) is 18. The number of aromatic nitrogens is 6. The quantitative estimate of drug-likeness (QED) is 0.0510. The van der Waals surface area contributed by atoms with E-state index in [0.717, 1.165) is 0 Å². The maximum atomic E-state index is 12.3. The monoisotopic (exact) mass is 894 g/mol. The fourth-order valence-corrected chi connectivity index (χ4v) is 7.87. The summed E-state index contributed by atoms with van der Waals surface area (Å²) in [7, 11) is 0. The molecule has 0 unspecified atom stereocenters. The molecule has 6 aromatic rings. The normalized spacial score (nSPS) is 14.4. The summed E-state index contributed by atoms with van der Waals surface area (Å²) in [6.07, 6.45) is -0.938. The van der Waals surface area contributed by atoms with Crippen LogP contribution in [-0.4, -0.2) is 66.4 Å². The minimum absolute atomic E-state index is 0.0770. The number of fused-ring (bicyclic) bond motifs is 1. The second kappa shape index (κ2) is 19.2. The summed E-state index contributed by atoms with van der Waals surface area (Å²) >= 11 is 0. The predicted molar refractivity (Wildman–Crippen MR) is 241 cm³/mol. The topological polar surface area (TPSA) is 399 Å². The van der Waals surface area contributed by atoms with E-state index >= 15 is 0 Å². The van der Waals surface area contributed by atoms with Crippen molar-refractivity contribution in [3.05, 3.63) is 118 Å². The zero-order valence-electron chi connectivity index (χ0n) is 35.3. The standard InChI is InChI=1S/C42H46N20O4/c43-15-30-49-26(50-31(16-44)53-30)13-22-5-2-6-23(14-27-51-32(17-45)54-33(18-46)52-27)37(22)61-62-38-25(47)10-8-19-7-9-24(36(48)35(19)38)34-20(11-28-55-39(63)59-40(64)56-28)3-1-4-21(34)12-29-57-41(65)60-42(66)58-29/h1-10,28-29H,11-18,43-48H2,(H3,55,56,59,63,64)(H3,57,58,60,65,66). The van der Waals surface area contributed by atoms with Gasteiger partial charge in [-0.2, -0.15) is 0 Å². The molecule has 24 heteroatoms. The number of rotatable bonds is 15. The third-order valence-corrected chi connectivity index (χ3v) is 10.7. The predicted octanol–water partition coefficient (Wildman–Crippen LogP) is 1.26. The molecule has 66 heavy (non-hydrogen) atoms. The number of benzene rings is 4. The summed E-state index contributed by atoms with van der Waals surface area (Å²) in [5.41, 5.74) is 42.8. The van der Waals surface area contributed by atoms with Crippen molar-refractivity contribution in [2.24, 2.45) is 33.2 Å². The van der Waals surface area contributed by atoms with Gasteiger partial charge < -0.3 is 55.7 Å². The first-order chi connectivity index (χ1) is 31.9. The Morgan fingerprint density at radius 2 is 0.879 bits per heavy atom. The third-order valence-electron chi connectivity index (χ3n) is 10.7. The zero-order chi connectivity index (χ0) is 46.5. The fraction of sp³-hybridized carbons (Fsp3) is 0.238. The summed E-state index contributed by atoms with van der Waals surface area (Å²) < 4.78 is 0. The highest BCUT2D eigenvalue weighted by atomic mass is 16.2. The van der Waals surface area contributed by atoms with E-state index in [2.05, 4.69) is 61.8 Å². The van der Waals surface area contributed by atoms with Gasteiger partial charge in [0, 0.05) is 42.3 Å². The maximum Gasteiger partial charge on any atom is 0.324 e. The lowest BCUT2D eigenvalue weighted by atomic mass is 9.87. The van der Waals surface area contributed by atoms with E-state index in [-0.39, 0.29) is 68.9 Å². The number of azo groups is 1. The van der Waals surface area contributed by atoms with Crippen LogP contribution in [0.25, 0.3) is 21.9 Å². The summed E-state index contributed by atoms with van der Waals surface area (Å²) in [5, 5.41) is 26.1. The van der Waals surface area contributed by atoms with Crippen molar-refractivity contribution in [1.29, 1.82) is 0 Å². The molecule has 0 spiro atoms. The second-order valence-corrected chi connectivity index (χ2v) is 15.2. The molecule has 2 aliphatic heterocycles. The van der Waals surface area contributed by atoms with E-state index in [9.17, 15) is 19.2 Å². The molecule has 2 aliphatic rings. The SMILES string of the molecule is NCc1nc(CN)nc(Cc2cccc(Cc3nc(CN)nc(CN)n3)c2N=Nc2c(N)ccc3ccc(-c4c(CC5NC(=O)NC(=O)N5)cccc4CC4NC(=O)NC(=O)N4)c(N)c23)n1. The van der Waals surface area contributed by atoms with Gasteiger partial charge in [-0.05, 0) is 39.3 Å². The Kier molecular flexibility index (Phi) is 12.9. The Morgan fingerprint density at radius 3 is 1.32 bits per heavy atom. The molecule has 0 atom stereocenters. The maximum absolute atomic E-state index is 12.3. The first-order valence-corrected chi connectivity index (χ1v) is 20.7. The molecule has 8 amide bonds. The first kappa shape index (κ1) is 44.3. The van der Waals surface area contributed by atoms with Crippen molar-refractivity contribution in [2.45, 2.75) is 64.2 Å². The number of urea groups is 4.